The van der Waals surface area contributed by atoms with Gasteiger partial charge in [-0.15, -0.1) is 0 Å². The molecule has 0 bridgehead atoms. The number of para-hydroxylation sites is 1. The SMILES string of the molecule is O=C(Nc1ccc(-c2n[nH]c(-c3ccc(COc4ccccc4F)cc3)n2)cc1)c1cccc(CNCCS(=O)[O-])c1. The maximum absolute atomic E-state index is 13.8. The van der Waals surface area contributed by atoms with Gasteiger partial charge in [0.15, 0.2) is 23.2 Å². The fourth-order valence-corrected chi connectivity index (χ4v) is 4.43. The van der Waals surface area contributed by atoms with Crippen LogP contribution in [0.3, 0.4) is 0 Å². The van der Waals surface area contributed by atoms with Gasteiger partial charge in [0, 0.05) is 41.2 Å². The maximum atomic E-state index is 13.8. The van der Waals surface area contributed by atoms with Gasteiger partial charge in [-0.05, 0) is 59.7 Å². The molecule has 1 atom stereocenters. The molecule has 214 valence electrons. The molecule has 42 heavy (non-hydrogen) atoms. The van der Waals surface area contributed by atoms with Crippen LogP contribution >= 0.6 is 0 Å². The second-order valence-corrected chi connectivity index (χ2v) is 10.4. The summed E-state index contributed by atoms with van der Waals surface area (Å²) < 4.78 is 40.6. The molecule has 4 aromatic carbocycles. The second kappa shape index (κ2) is 13.8. The summed E-state index contributed by atoms with van der Waals surface area (Å²) in [5.41, 5.74) is 4.49. The van der Waals surface area contributed by atoms with Gasteiger partial charge in [-0.25, -0.2) is 9.37 Å². The highest BCUT2D eigenvalue weighted by molar-refractivity contribution is 7.79. The van der Waals surface area contributed by atoms with E-state index in [2.05, 4.69) is 25.8 Å². The van der Waals surface area contributed by atoms with Crippen LogP contribution < -0.4 is 15.4 Å². The molecular weight excluding hydrogens is 557 g/mol. The van der Waals surface area contributed by atoms with E-state index in [1.165, 1.54) is 6.07 Å². The normalized spacial score (nSPS) is 11.7. The minimum absolute atomic E-state index is 0.0356. The Morgan fingerprint density at radius 2 is 1.69 bits per heavy atom. The van der Waals surface area contributed by atoms with Crippen molar-refractivity contribution in [3.8, 4) is 28.5 Å². The largest absolute Gasteiger partial charge is 0.772 e. The lowest BCUT2D eigenvalue weighted by molar-refractivity contribution is 0.102. The monoisotopic (exact) mass is 584 g/mol. The molecule has 1 heterocycles. The molecule has 1 unspecified atom stereocenters. The Bertz CT molecular complexity index is 1680. The zero-order valence-electron chi connectivity index (χ0n) is 22.4. The summed E-state index contributed by atoms with van der Waals surface area (Å²) >= 11 is -2.09. The number of nitrogens with one attached hydrogen (secondary N) is 3. The van der Waals surface area contributed by atoms with Gasteiger partial charge in [-0.2, -0.15) is 5.10 Å². The molecule has 9 nitrogen and oxygen atoms in total. The van der Waals surface area contributed by atoms with E-state index in [4.69, 9.17) is 4.74 Å². The van der Waals surface area contributed by atoms with Gasteiger partial charge >= 0.3 is 0 Å². The third kappa shape index (κ3) is 7.72. The number of benzene rings is 4. The number of hydrogen-bond donors (Lipinski definition) is 3. The lowest BCUT2D eigenvalue weighted by Crippen LogP contribution is -2.20. The Balaban J connectivity index is 1.16. The van der Waals surface area contributed by atoms with Crippen LogP contribution in [-0.2, 0) is 24.2 Å². The number of H-pyrrole nitrogens is 1. The predicted octanol–water partition coefficient (Wildman–Crippen LogP) is 5.08. The van der Waals surface area contributed by atoms with E-state index in [-0.39, 0.29) is 24.0 Å². The first-order valence-electron chi connectivity index (χ1n) is 13.1. The molecule has 1 amide bonds. The lowest BCUT2D eigenvalue weighted by Gasteiger charge is -2.09. The summed E-state index contributed by atoms with van der Waals surface area (Å²) in [4.78, 5) is 17.4. The van der Waals surface area contributed by atoms with Gasteiger partial charge in [-0.1, -0.05) is 59.6 Å². The highest BCUT2D eigenvalue weighted by atomic mass is 32.2. The number of hydrogen-bond acceptors (Lipinski definition) is 7. The minimum Gasteiger partial charge on any atom is -0.772 e. The second-order valence-electron chi connectivity index (χ2n) is 9.34. The van der Waals surface area contributed by atoms with Crippen LogP contribution in [0.25, 0.3) is 22.8 Å². The number of carbonyl (C=O) groups excluding carboxylic acids is 1. The smallest absolute Gasteiger partial charge is 0.255 e. The third-order valence-electron chi connectivity index (χ3n) is 6.31. The molecule has 0 saturated carbocycles. The van der Waals surface area contributed by atoms with E-state index < -0.39 is 16.9 Å². The molecule has 0 fully saturated rings. The van der Waals surface area contributed by atoms with Gasteiger partial charge in [0.2, 0.25) is 0 Å². The first kappa shape index (κ1) is 28.8. The number of ether oxygens (including phenoxy) is 1. The molecule has 0 saturated heterocycles. The number of halogens is 1. The Morgan fingerprint density at radius 1 is 0.929 bits per heavy atom. The number of carbonyl (C=O) groups is 1. The van der Waals surface area contributed by atoms with Crippen LogP contribution in [0, 0.1) is 5.82 Å². The average Bonchev–Trinajstić information content (AvgIpc) is 3.50. The summed E-state index contributed by atoms with van der Waals surface area (Å²) in [6, 6.07) is 28.2. The molecule has 5 rings (SSSR count). The van der Waals surface area contributed by atoms with Crippen LogP contribution in [0.5, 0.6) is 5.75 Å². The van der Waals surface area contributed by atoms with Crippen LogP contribution in [0.1, 0.15) is 21.5 Å². The van der Waals surface area contributed by atoms with Crippen molar-refractivity contribution in [3.05, 3.63) is 120 Å². The maximum Gasteiger partial charge on any atom is 0.255 e. The van der Waals surface area contributed by atoms with Crippen LogP contribution in [0.15, 0.2) is 97.1 Å². The fraction of sp³-hybridized carbons (Fsp3) is 0.129. The molecule has 3 N–H and O–H groups in total. The topological polar surface area (TPSA) is 132 Å². The van der Waals surface area contributed by atoms with Crippen LogP contribution in [0.2, 0.25) is 0 Å². The standard InChI is InChI=1S/C31H28FN5O4S/c32-27-6-1-2-7-28(27)41-20-21-8-10-23(11-9-21)29-35-30(37-36-29)24-12-14-26(15-13-24)34-31(38)25-5-3-4-22(18-25)19-33-16-17-42(39)40/h1-15,18,33H,16-17,19-20H2,(H,34,38)(H,39,40)(H,35,36,37)/p-1. The zero-order valence-corrected chi connectivity index (χ0v) is 23.2. The minimum atomic E-state index is -2.09. The average molecular weight is 585 g/mol. The highest BCUT2D eigenvalue weighted by Crippen LogP contribution is 2.23. The van der Waals surface area contributed by atoms with Crippen molar-refractivity contribution in [1.82, 2.24) is 20.5 Å². The molecule has 0 aliphatic rings. The van der Waals surface area contributed by atoms with Crippen LogP contribution in [0.4, 0.5) is 10.1 Å². The number of anilines is 1. The molecule has 5 aromatic rings. The Hall–Kier alpha value is -4.71. The summed E-state index contributed by atoms with van der Waals surface area (Å²) in [6.45, 7) is 1.03. The Labute approximate surface area is 244 Å². The number of amides is 1. The van der Waals surface area contributed by atoms with E-state index in [1.54, 1.807) is 48.5 Å². The summed E-state index contributed by atoms with van der Waals surface area (Å²) in [5, 5.41) is 13.2. The van der Waals surface area contributed by atoms with Gasteiger partial charge in [-0.3, -0.25) is 14.1 Å². The van der Waals surface area contributed by atoms with Crippen molar-refractivity contribution < 1.29 is 22.7 Å². The summed E-state index contributed by atoms with van der Waals surface area (Å²) in [7, 11) is 0. The molecule has 11 heteroatoms. The quantitative estimate of drug-likeness (QED) is 0.138. The Morgan fingerprint density at radius 3 is 2.45 bits per heavy atom. The molecule has 0 aliphatic heterocycles. The first-order chi connectivity index (χ1) is 20.4. The molecule has 1 aromatic heterocycles. The molecule has 0 radical (unpaired) electrons. The molecule has 0 aliphatic carbocycles. The number of nitrogens with zero attached hydrogens (tertiary/aromatic N) is 2. The van der Waals surface area contributed by atoms with E-state index in [9.17, 15) is 17.9 Å². The number of aromatic nitrogens is 3. The highest BCUT2D eigenvalue weighted by Gasteiger charge is 2.11. The van der Waals surface area contributed by atoms with Crippen molar-refractivity contribution >= 4 is 22.7 Å². The van der Waals surface area contributed by atoms with E-state index in [0.717, 1.165) is 22.3 Å². The predicted molar refractivity (Wildman–Crippen MR) is 158 cm³/mol. The number of aromatic amines is 1. The van der Waals surface area contributed by atoms with Gasteiger partial charge < -0.3 is 19.9 Å². The van der Waals surface area contributed by atoms with Crippen molar-refractivity contribution in [3.63, 3.8) is 0 Å². The number of rotatable bonds is 12. The van der Waals surface area contributed by atoms with Gasteiger partial charge in [0.05, 0.1) is 0 Å². The molecular formula is C31H27FN5O4S-. The van der Waals surface area contributed by atoms with Crippen molar-refractivity contribution in [2.45, 2.75) is 13.2 Å². The lowest BCUT2D eigenvalue weighted by atomic mass is 10.1. The van der Waals surface area contributed by atoms with Gasteiger partial charge in [0.25, 0.3) is 5.91 Å². The summed E-state index contributed by atoms with van der Waals surface area (Å²) in [5.74, 6) is 0.695. The van der Waals surface area contributed by atoms with Crippen molar-refractivity contribution in [1.29, 1.82) is 0 Å². The van der Waals surface area contributed by atoms with E-state index >= 15 is 0 Å². The van der Waals surface area contributed by atoms with E-state index in [0.29, 0.717) is 36.0 Å². The fourth-order valence-electron chi connectivity index (χ4n) is 4.12. The van der Waals surface area contributed by atoms with Crippen molar-refractivity contribution in [2.24, 2.45) is 0 Å². The third-order valence-corrected chi connectivity index (χ3v) is 6.85. The van der Waals surface area contributed by atoms with Gasteiger partial charge in [0.1, 0.15) is 6.61 Å². The van der Waals surface area contributed by atoms with Crippen LogP contribution in [-0.4, -0.2) is 42.1 Å². The Kier molecular flexibility index (Phi) is 9.44. The van der Waals surface area contributed by atoms with Crippen molar-refractivity contribution in [2.75, 3.05) is 17.6 Å². The zero-order chi connectivity index (χ0) is 29.3. The van der Waals surface area contributed by atoms with E-state index in [1.807, 2.05) is 42.5 Å². The summed E-state index contributed by atoms with van der Waals surface area (Å²) in [6.07, 6.45) is 0. The molecule has 0 spiro atoms. The first-order valence-corrected chi connectivity index (χ1v) is 14.4.